The normalized spacial score (nSPS) is 20.9. The molecular weight excluding hydrogens is 434 g/mol. The average Bonchev–Trinajstić information content (AvgIpc) is 3.53. The Bertz CT molecular complexity index is 1280. The third kappa shape index (κ3) is 3.83. The minimum atomic E-state index is -0.797. The third-order valence-electron chi connectivity index (χ3n) is 6.10. The number of benzene rings is 2. The van der Waals surface area contributed by atoms with Crippen LogP contribution in [0.4, 0.5) is 0 Å². The lowest BCUT2D eigenvalue weighted by Crippen LogP contribution is -2.29. The fourth-order valence-electron chi connectivity index (χ4n) is 4.63. The highest BCUT2D eigenvalue weighted by molar-refractivity contribution is 6.46. The maximum absolute atomic E-state index is 13.2. The van der Waals surface area contributed by atoms with E-state index in [2.05, 4.69) is 0 Å². The Labute approximate surface area is 197 Å². The standard InChI is InChI=1S/C27H25NO6/c1-3-32-20-7-4-6-17(14-20)24-23(26(30)27(31)28(24)15-21-8-5-11-33-21)25(29)18-9-10-22-19(13-18)12-16(2)34-22/h4-11,13-14,16,24,29H,3,12,15H2,1-2H3/t16-,24+/m0/s1. The Morgan fingerprint density at radius 3 is 2.76 bits per heavy atom. The molecule has 0 aliphatic carbocycles. The average molecular weight is 459 g/mol. The van der Waals surface area contributed by atoms with Crippen LogP contribution in [-0.4, -0.2) is 34.4 Å². The molecule has 2 atom stereocenters. The highest BCUT2D eigenvalue weighted by atomic mass is 16.5. The van der Waals surface area contributed by atoms with Gasteiger partial charge < -0.3 is 23.9 Å². The molecule has 2 aliphatic rings. The molecule has 0 saturated carbocycles. The Morgan fingerprint density at radius 1 is 1.15 bits per heavy atom. The van der Waals surface area contributed by atoms with Crippen molar-refractivity contribution >= 4 is 17.4 Å². The molecule has 2 aromatic carbocycles. The zero-order valence-electron chi connectivity index (χ0n) is 19.0. The number of aliphatic hydroxyl groups is 1. The number of hydrogen-bond acceptors (Lipinski definition) is 6. The van der Waals surface area contributed by atoms with Crippen molar-refractivity contribution in [1.29, 1.82) is 0 Å². The van der Waals surface area contributed by atoms with Crippen LogP contribution in [0.5, 0.6) is 11.5 Å². The van der Waals surface area contributed by atoms with Gasteiger partial charge in [0.1, 0.15) is 29.1 Å². The zero-order chi connectivity index (χ0) is 23.8. The molecule has 5 rings (SSSR count). The van der Waals surface area contributed by atoms with Crippen LogP contribution < -0.4 is 9.47 Å². The maximum atomic E-state index is 13.2. The molecule has 1 saturated heterocycles. The lowest BCUT2D eigenvalue weighted by molar-refractivity contribution is -0.140. The fraction of sp³-hybridized carbons (Fsp3) is 0.259. The van der Waals surface area contributed by atoms with Gasteiger partial charge in [0, 0.05) is 12.0 Å². The summed E-state index contributed by atoms with van der Waals surface area (Å²) in [5.74, 6) is 0.283. The topological polar surface area (TPSA) is 89.2 Å². The van der Waals surface area contributed by atoms with Crippen molar-refractivity contribution in [3.63, 3.8) is 0 Å². The number of Topliss-reactive ketones (excluding diaryl/α,β-unsaturated/α-hetero) is 1. The molecule has 7 heteroatoms. The molecule has 1 fully saturated rings. The molecule has 34 heavy (non-hydrogen) atoms. The minimum Gasteiger partial charge on any atom is -0.507 e. The molecule has 0 radical (unpaired) electrons. The van der Waals surface area contributed by atoms with Crippen molar-refractivity contribution in [3.8, 4) is 11.5 Å². The predicted octanol–water partition coefficient (Wildman–Crippen LogP) is 4.62. The first kappa shape index (κ1) is 21.8. The lowest BCUT2D eigenvalue weighted by Gasteiger charge is -2.25. The second-order valence-corrected chi connectivity index (χ2v) is 8.47. The Hall–Kier alpha value is -4.00. The minimum absolute atomic E-state index is 0.0390. The van der Waals surface area contributed by atoms with Gasteiger partial charge in [0.15, 0.2) is 0 Å². The van der Waals surface area contributed by atoms with E-state index >= 15 is 0 Å². The van der Waals surface area contributed by atoms with Crippen molar-refractivity contribution < 1.29 is 28.6 Å². The van der Waals surface area contributed by atoms with Crippen LogP contribution in [0.25, 0.3) is 5.76 Å². The Morgan fingerprint density at radius 2 is 2.00 bits per heavy atom. The molecule has 174 valence electrons. The van der Waals surface area contributed by atoms with Crippen LogP contribution in [0.3, 0.4) is 0 Å². The maximum Gasteiger partial charge on any atom is 0.296 e. The van der Waals surface area contributed by atoms with E-state index in [0.717, 1.165) is 11.3 Å². The number of carbonyl (C=O) groups excluding carboxylic acids is 2. The molecular formula is C27H25NO6. The summed E-state index contributed by atoms with van der Waals surface area (Å²) < 4.78 is 16.8. The summed E-state index contributed by atoms with van der Waals surface area (Å²) in [6.07, 6.45) is 2.28. The van der Waals surface area contributed by atoms with Crippen molar-refractivity contribution in [2.45, 2.75) is 39.0 Å². The van der Waals surface area contributed by atoms with Crippen molar-refractivity contribution in [3.05, 3.63) is 88.9 Å². The van der Waals surface area contributed by atoms with Gasteiger partial charge in [0.05, 0.1) is 31.0 Å². The zero-order valence-corrected chi connectivity index (χ0v) is 19.0. The van der Waals surface area contributed by atoms with Crippen molar-refractivity contribution in [1.82, 2.24) is 4.90 Å². The molecule has 1 amide bonds. The van der Waals surface area contributed by atoms with Gasteiger partial charge in [-0.15, -0.1) is 0 Å². The quantitative estimate of drug-likeness (QED) is 0.329. The number of ether oxygens (including phenoxy) is 2. The summed E-state index contributed by atoms with van der Waals surface area (Å²) >= 11 is 0. The van der Waals surface area contributed by atoms with E-state index in [-0.39, 0.29) is 24.0 Å². The number of carbonyl (C=O) groups is 2. The molecule has 1 aromatic heterocycles. The largest absolute Gasteiger partial charge is 0.507 e. The molecule has 0 spiro atoms. The van der Waals surface area contributed by atoms with E-state index in [4.69, 9.17) is 13.9 Å². The summed E-state index contributed by atoms with van der Waals surface area (Å²) in [4.78, 5) is 27.8. The van der Waals surface area contributed by atoms with Gasteiger partial charge in [-0.05, 0) is 67.4 Å². The van der Waals surface area contributed by atoms with Gasteiger partial charge in [-0.3, -0.25) is 9.59 Å². The SMILES string of the molecule is CCOc1cccc([C@@H]2C(=C(O)c3ccc4c(c3)C[C@H](C)O4)C(=O)C(=O)N2Cc2ccco2)c1. The Kier molecular flexibility index (Phi) is 5.61. The van der Waals surface area contributed by atoms with Gasteiger partial charge in [0.2, 0.25) is 0 Å². The summed E-state index contributed by atoms with van der Waals surface area (Å²) in [5, 5.41) is 11.3. The number of likely N-dealkylation sites (tertiary alicyclic amines) is 1. The van der Waals surface area contributed by atoms with E-state index in [1.165, 1.54) is 11.2 Å². The number of amides is 1. The number of rotatable bonds is 6. The molecule has 0 unspecified atom stereocenters. The summed E-state index contributed by atoms with van der Waals surface area (Å²) in [7, 11) is 0. The number of furan rings is 1. The van der Waals surface area contributed by atoms with Crippen LogP contribution in [0, 0.1) is 0 Å². The van der Waals surface area contributed by atoms with Crippen molar-refractivity contribution in [2.75, 3.05) is 6.61 Å². The number of fused-ring (bicyclic) bond motifs is 1. The number of hydrogen-bond donors (Lipinski definition) is 1. The van der Waals surface area contributed by atoms with Crippen LogP contribution in [0.2, 0.25) is 0 Å². The number of nitrogens with zero attached hydrogens (tertiary/aromatic N) is 1. The lowest BCUT2D eigenvalue weighted by atomic mass is 9.94. The Balaban J connectivity index is 1.63. The predicted molar refractivity (Wildman–Crippen MR) is 124 cm³/mol. The van der Waals surface area contributed by atoms with Crippen LogP contribution in [-0.2, 0) is 22.6 Å². The molecule has 0 bridgehead atoms. The van der Waals surface area contributed by atoms with Gasteiger partial charge in [-0.1, -0.05) is 12.1 Å². The van der Waals surface area contributed by atoms with Crippen molar-refractivity contribution in [2.24, 2.45) is 0 Å². The third-order valence-corrected chi connectivity index (χ3v) is 6.10. The van der Waals surface area contributed by atoms with Gasteiger partial charge >= 0.3 is 0 Å². The van der Waals surface area contributed by atoms with E-state index in [1.807, 2.05) is 38.1 Å². The highest BCUT2D eigenvalue weighted by Gasteiger charge is 2.46. The summed E-state index contributed by atoms with van der Waals surface area (Å²) in [5.41, 5.74) is 2.13. The fourth-order valence-corrected chi connectivity index (χ4v) is 4.63. The number of ketones is 1. The van der Waals surface area contributed by atoms with Crippen LogP contribution >= 0.6 is 0 Å². The second-order valence-electron chi connectivity index (χ2n) is 8.47. The first-order valence-corrected chi connectivity index (χ1v) is 11.3. The van der Waals surface area contributed by atoms with E-state index < -0.39 is 17.7 Å². The molecule has 7 nitrogen and oxygen atoms in total. The molecule has 2 aliphatic heterocycles. The summed E-state index contributed by atoms with van der Waals surface area (Å²) in [6, 6.07) is 15.2. The summed E-state index contributed by atoms with van der Waals surface area (Å²) in [6.45, 7) is 4.43. The second kappa shape index (κ2) is 8.74. The molecule has 3 heterocycles. The monoisotopic (exact) mass is 459 g/mol. The van der Waals surface area contributed by atoms with Crippen LogP contribution in [0.1, 0.15) is 42.3 Å². The van der Waals surface area contributed by atoms with Gasteiger partial charge in [-0.25, -0.2) is 0 Å². The van der Waals surface area contributed by atoms with E-state index in [9.17, 15) is 14.7 Å². The molecule has 1 N–H and O–H groups in total. The first-order valence-electron chi connectivity index (χ1n) is 11.3. The van der Waals surface area contributed by atoms with E-state index in [1.54, 1.807) is 30.3 Å². The van der Waals surface area contributed by atoms with Gasteiger partial charge in [0.25, 0.3) is 11.7 Å². The highest BCUT2D eigenvalue weighted by Crippen LogP contribution is 2.42. The van der Waals surface area contributed by atoms with E-state index in [0.29, 0.717) is 35.7 Å². The smallest absolute Gasteiger partial charge is 0.296 e. The van der Waals surface area contributed by atoms with Crippen LogP contribution in [0.15, 0.2) is 70.9 Å². The number of aliphatic hydroxyl groups excluding tert-OH is 1. The first-order chi connectivity index (χ1) is 16.5. The van der Waals surface area contributed by atoms with Gasteiger partial charge in [-0.2, -0.15) is 0 Å². The molecule has 3 aromatic rings.